The fraction of sp³-hybridized carbons (Fsp3) is 0.222. The van der Waals surface area contributed by atoms with Crippen LogP contribution in [0.4, 0.5) is 0 Å². The van der Waals surface area contributed by atoms with Gasteiger partial charge in [-0.05, 0) is 13.0 Å². The molecule has 0 aromatic carbocycles. The molecule has 0 spiro atoms. The molecule has 1 aromatic rings. The second-order valence-electron chi connectivity index (χ2n) is 2.61. The fourth-order valence-corrected chi connectivity index (χ4v) is 0.994. The van der Waals surface area contributed by atoms with Crippen LogP contribution in [0.15, 0.2) is 18.3 Å². The molecule has 0 aliphatic rings. The van der Waals surface area contributed by atoms with Gasteiger partial charge in [-0.15, -0.1) is 0 Å². The Balaban J connectivity index is 3.15. The number of carboxylic acids is 1. The van der Waals surface area contributed by atoms with E-state index in [0.717, 1.165) is 0 Å². The van der Waals surface area contributed by atoms with Crippen LogP contribution in [0.5, 0.6) is 0 Å². The SMILES string of the molecule is CC(C(=O)O)c1cccnc1C#N. The van der Waals surface area contributed by atoms with Crippen LogP contribution in [0.25, 0.3) is 0 Å². The van der Waals surface area contributed by atoms with Gasteiger partial charge in [0.05, 0.1) is 5.92 Å². The third-order valence-electron chi connectivity index (χ3n) is 1.78. The van der Waals surface area contributed by atoms with Crippen molar-refractivity contribution in [2.45, 2.75) is 12.8 Å². The minimum atomic E-state index is -0.954. The van der Waals surface area contributed by atoms with Crippen molar-refractivity contribution in [3.05, 3.63) is 29.6 Å². The van der Waals surface area contributed by atoms with E-state index in [4.69, 9.17) is 10.4 Å². The van der Waals surface area contributed by atoms with E-state index in [1.54, 1.807) is 12.1 Å². The number of hydrogen-bond acceptors (Lipinski definition) is 3. The number of aliphatic carboxylic acids is 1. The van der Waals surface area contributed by atoms with Crippen LogP contribution in [0.3, 0.4) is 0 Å². The molecule has 13 heavy (non-hydrogen) atoms. The van der Waals surface area contributed by atoms with Crippen LogP contribution in [0, 0.1) is 11.3 Å². The zero-order chi connectivity index (χ0) is 9.84. The Morgan fingerprint density at radius 1 is 1.77 bits per heavy atom. The Hall–Kier alpha value is -1.89. The van der Waals surface area contributed by atoms with Crippen molar-refractivity contribution in [2.75, 3.05) is 0 Å². The second kappa shape index (κ2) is 3.68. The van der Waals surface area contributed by atoms with Crippen molar-refractivity contribution in [3.63, 3.8) is 0 Å². The van der Waals surface area contributed by atoms with Crippen molar-refractivity contribution in [1.29, 1.82) is 5.26 Å². The molecule has 1 aromatic heterocycles. The summed E-state index contributed by atoms with van der Waals surface area (Å²) >= 11 is 0. The predicted molar refractivity (Wildman–Crippen MR) is 45.0 cm³/mol. The van der Waals surface area contributed by atoms with Crippen LogP contribution in [-0.2, 0) is 4.79 Å². The van der Waals surface area contributed by atoms with Crippen molar-refractivity contribution < 1.29 is 9.90 Å². The molecule has 0 fully saturated rings. The van der Waals surface area contributed by atoms with E-state index >= 15 is 0 Å². The molecule has 4 nitrogen and oxygen atoms in total. The normalized spacial score (nSPS) is 11.7. The standard InChI is InChI=1S/C9H8N2O2/c1-6(9(12)13)7-3-2-4-11-8(7)5-10/h2-4,6H,1H3,(H,12,13). The number of nitriles is 1. The Morgan fingerprint density at radius 2 is 2.46 bits per heavy atom. The number of carbonyl (C=O) groups is 1. The zero-order valence-corrected chi connectivity index (χ0v) is 7.06. The lowest BCUT2D eigenvalue weighted by atomic mass is 10.0. The average molecular weight is 176 g/mol. The molecule has 1 heterocycles. The summed E-state index contributed by atoms with van der Waals surface area (Å²) in [5.41, 5.74) is 0.634. The van der Waals surface area contributed by atoms with E-state index in [-0.39, 0.29) is 5.69 Å². The number of carboxylic acid groups (broad SMARTS) is 1. The third kappa shape index (κ3) is 1.82. The number of aromatic nitrogens is 1. The van der Waals surface area contributed by atoms with Crippen LogP contribution in [0.2, 0.25) is 0 Å². The highest BCUT2D eigenvalue weighted by atomic mass is 16.4. The van der Waals surface area contributed by atoms with Crippen molar-refractivity contribution in [1.82, 2.24) is 4.98 Å². The first kappa shape index (κ1) is 9.20. The number of hydrogen-bond donors (Lipinski definition) is 1. The lowest BCUT2D eigenvalue weighted by Crippen LogP contribution is -2.09. The lowest BCUT2D eigenvalue weighted by Gasteiger charge is -2.06. The minimum absolute atomic E-state index is 0.178. The van der Waals surface area contributed by atoms with E-state index in [0.29, 0.717) is 5.56 Å². The van der Waals surface area contributed by atoms with Gasteiger partial charge in [0.25, 0.3) is 0 Å². The van der Waals surface area contributed by atoms with Gasteiger partial charge in [-0.3, -0.25) is 4.79 Å². The largest absolute Gasteiger partial charge is 0.481 e. The summed E-state index contributed by atoms with van der Waals surface area (Å²) < 4.78 is 0. The fourth-order valence-electron chi connectivity index (χ4n) is 0.994. The molecule has 1 atom stereocenters. The molecule has 0 bridgehead atoms. The third-order valence-corrected chi connectivity index (χ3v) is 1.78. The van der Waals surface area contributed by atoms with Crippen molar-refractivity contribution >= 4 is 5.97 Å². The highest BCUT2D eigenvalue weighted by Gasteiger charge is 2.17. The molecule has 0 aliphatic heterocycles. The van der Waals surface area contributed by atoms with Gasteiger partial charge in [0.15, 0.2) is 0 Å². The quantitative estimate of drug-likeness (QED) is 0.733. The molecule has 1 rings (SSSR count). The zero-order valence-electron chi connectivity index (χ0n) is 7.06. The number of rotatable bonds is 2. The van der Waals surface area contributed by atoms with E-state index in [9.17, 15) is 4.79 Å². The molecular weight excluding hydrogens is 168 g/mol. The average Bonchev–Trinajstić information content (AvgIpc) is 2.16. The van der Waals surface area contributed by atoms with Gasteiger partial charge in [0.1, 0.15) is 11.8 Å². The summed E-state index contributed by atoms with van der Waals surface area (Å²) in [5, 5.41) is 17.4. The van der Waals surface area contributed by atoms with Crippen molar-refractivity contribution in [3.8, 4) is 6.07 Å². The molecule has 0 amide bonds. The van der Waals surface area contributed by atoms with E-state index in [2.05, 4.69) is 4.98 Å². The maximum Gasteiger partial charge on any atom is 0.310 e. The summed E-state index contributed by atoms with van der Waals surface area (Å²) in [6.45, 7) is 1.53. The summed E-state index contributed by atoms with van der Waals surface area (Å²) in [6.07, 6.45) is 1.47. The minimum Gasteiger partial charge on any atom is -0.481 e. The predicted octanol–water partition coefficient (Wildman–Crippen LogP) is 1.14. The second-order valence-corrected chi connectivity index (χ2v) is 2.61. The van der Waals surface area contributed by atoms with Gasteiger partial charge in [-0.25, -0.2) is 4.98 Å². The maximum absolute atomic E-state index is 10.6. The Labute approximate surface area is 75.5 Å². The molecular formula is C9H8N2O2. The van der Waals surface area contributed by atoms with Gasteiger partial charge in [-0.1, -0.05) is 6.07 Å². The Bertz CT molecular complexity index is 368. The van der Waals surface area contributed by atoms with Crippen molar-refractivity contribution in [2.24, 2.45) is 0 Å². The number of nitrogens with zero attached hydrogens (tertiary/aromatic N) is 2. The van der Waals surface area contributed by atoms with Gasteiger partial charge < -0.3 is 5.11 Å². The summed E-state index contributed by atoms with van der Waals surface area (Å²) in [4.78, 5) is 14.4. The van der Waals surface area contributed by atoms with Gasteiger partial charge >= 0.3 is 5.97 Å². The molecule has 0 saturated carbocycles. The van der Waals surface area contributed by atoms with Crippen LogP contribution < -0.4 is 0 Å². The summed E-state index contributed by atoms with van der Waals surface area (Å²) in [7, 11) is 0. The van der Waals surface area contributed by atoms with Gasteiger partial charge in [0.2, 0.25) is 0 Å². The van der Waals surface area contributed by atoms with Gasteiger partial charge in [0, 0.05) is 11.8 Å². The van der Waals surface area contributed by atoms with Crippen LogP contribution in [0.1, 0.15) is 24.1 Å². The first-order valence-electron chi connectivity index (χ1n) is 3.74. The first-order chi connectivity index (χ1) is 6.16. The molecule has 4 heteroatoms. The topological polar surface area (TPSA) is 74.0 Å². The Morgan fingerprint density at radius 3 is 3.00 bits per heavy atom. The van der Waals surface area contributed by atoms with Gasteiger partial charge in [-0.2, -0.15) is 5.26 Å². The van der Waals surface area contributed by atoms with E-state index in [1.165, 1.54) is 13.1 Å². The monoisotopic (exact) mass is 176 g/mol. The molecule has 0 radical (unpaired) electrons. The highest BCUT2D eigenvalue weighted by Crippen LogP contribution is 2.17. The summed E-state index contributed by atoms with van der Waals surface area (Å²) in [6, 6.07) is 5.08. The highest BCUT2D eigenvalue weighted by molar-refractivity contribution is 5.76. The molecule has 1 unspecified atom stereocenters. The van der Waals surface area contributed by atoms with Crippen LogP contribution >= 0.6 is 0 Å². The smallest absolute Gasteiger partial charge is 0.310 e. The van der Waals surface area contributed by atoms with E-state index < -0.39 is 11.9 Å². The molecule has 1 N–H and O–H groups in total. The Kier molecular flexibility index (Phi) is 2.60. The first-order valence-corrected chi connectivity index (χ1v) is 3.74. The van der Waals surface area contributed by atoms with Crippen LogP contribution in [-0.4, -0.2) is 16.1 Å². The number of pyridine rings is 1. The lowest BCUT2D eigenvalue weighted by molar-refractivity contribution is -0.138. The maximum atomic E-state index is 10.6. The molecule has 66 valence electrons. The van der Waals surface area contributed by atoms with E-state index in [1.807, 2.05) is 6.07 Å². The molecule has 0 saturated heterocycles. The molecule has 0 aliphatic carbocycles. The summed E-state index contributed by atoms with van der Waals surface area (Å²) in [5.74, 6) is -1.65.